The Hall–Kier alpha value is -2.84. The highest BCUT2D eigenvalue weighted by Crippen LogP contribution is 2.35. The van der Waals surface area contributed by atoms with Gasteiger partial charge in [-0.2, -0.15) is 18.3 Å². The van der Waals surface area contributed by atoms with Gasteiger partial charge in [-0.25, -0.2) is 4.68 Å². The van der Waals surface area contributed by atoms with Crippen molar-refractivity contribution < 1.29 is 27.9 Å². The molecule has 1 amide bonds. The van der Waals surface area contributed by atoms with Crippen LogP contribution in [0.2, 0.25) is 0 Å². The van der Waals surface area contributed by atoms with Crippen LogP contribution in [-0.2, 0) is 11.0 Å². The molecule has 0 radical (unpaired) electrons. The summed E-state index contributed by atoms with van der Waals surface area (Å²) in [5.41, 5.74) is -0.684. The largest absolute Gasteiger partial charge is 0.481 e. The van der Waals surface area contributed by atoms with Crippen LogP contribution >= 0.6 is 0 Å². The number of aliphatic carboxylic acids is 1. The number of aromatic nitrogens is 2. The highest BCUT2D eigenvalue weighted by Gasteiger charge is 2.44. The lowest BCUT2D eigenvalue weighted by Crippen LogP contribution is -2.31. The number of nitrogens with zero attached hydrogens (tertiary/aromatic N) is 3. The second-order valence-electron chi connectivity index (χ2n) is 6.78. The van der Waals surface area contributed by atoms with Crippen molar-refractivity contribution in [3.8, 4) is 5.69 Å². The monoisotopic (exact) mass is 381 g/mol. The summed E-state index contributed by atoms with van der Waals surface area (Å²) in [7, 11) is 0. The number of carbonyl (C=O) groups is 2. The van der Waals surface area contributed by atoms with Gasteiger partial charge in [0.15, 0.2) is 5.69 Å². The molecule has 0 saturated carbocycles. The van der Waals surface area contributed by atoms with Crippen LogP contribution in [0, 0.1) is 18.8 Å². The van der Waals surface area contributed by atoms with Gasteiger partial charge in [0.25, 0.3) is 5.91 Å². The molecular weight excluding hydrogens is 363 g/mol. The third kappa shape index (κ3) is 3.54. The number of alkyl halides is 3. The van der Waals surface area contributed by atoms with Gasteiger partial charge in [-0.3, -0.25) is 9.59 Å². The SMILES string of the molecule is Cc1ccc(-n2ncc(C(=O)N3C[C@@H](C)[C@H](C(=O)O)C3)c2C(F)(F)F)cc1. The molecule has 2 aromatic rings. The fourth-order valence-electron chi connectivity index (χ4n) is 3.28. The lowest BCUT2D eigenvalue weighted by Gasteiger charge is -2.18. The lowest BCUT2D eigenvalue weighted by atomic mass is 9.99. The summed E-state index contributed by atoms with van der Waals surface area (Å²) < 4.78 is 41.8. The molecule has 3 rings (SSSR count). The minimum atomic E-state index is -4.80. The van der Waals surface area contributed by atoms with Crippen LogP contribution in [0.3, 0.4) is 0 Å². The molecule has 9 heteroatoms. The number of carboxylic acid groups (broad SMARTS) is 1. The van der Waals surface area contributed by atoms with Crippen molar-refractivity contribution in [3.63, 3.8) is 0 Å². The summed E-state index contributed by atoms with van der Waals surface area (Å²) >= 11 is 0. The molecule has 1 aliphatic rings. The summed E-state index contributed by atoms with van der Waals surface area (Å²) in [6.07, 6.45) is -3.91. The summed E-state index contributed by atoms with van der Waals surface area (Å²) in [5.74, 6) is -3.07. The predicted octanol–water partition coefficient (Wildman–Crippen LogP) is 2.99. The number of rotatable bonds is 3. The van der Waals surface area contributed by atoms with E-state index in [1.54, 1.807) is 26.0 Å². The van der Waals surface area contributed by atoms with E-state index in [-0.39, 0.29) is 24.7 Å². The van der Waals surface area contributed by atoms with E-state index in [1.807, 2.05) is 0 Å². The second-order valence-corrected chi connectivity index (χ2v) is 6.78. The Morgan fingerprint density at radius 2 is 1.81 bits per heavy atom. The number of benzene rings is 1. The van der Waals surface area contributed by atoms with Crippen LogP contribution in [0.25, 0.3) is 5.69 Å². The average Bonchev–Trinajstić information content (AvgIpc) is 3.18. The van der Waals surface area contributed by atoms with Crippen molar-refractivity contribution >= 4 is 11.9 Å². The van der Waals surface area contributed by atoms with Crippen molar-refractivity contribution in [1.29, 1.82) is 0 Å². The molecular formula is C18H18F3N3O3. The molecule has 1 saturated heterocycles. The fourth-order valence-corrected chi connectivity index (χ4v) is 3.28. The van der Waals surface area contributed by atoms with Gasteiger partial charge in [0.2, 0.25) is 0 Å². The summed E-state index contributed by atoms with van der Waals surface area (Å²) in [4.78, 5) is 25.1. The molecule has 0 spiro atoms. The Morgan fingerprint density at radius 3 is 2.33 bits per heavy atom. The normalized spacial score (nSPS) is 20.1. The molecule has 1 aromatic carbocycles. The maximum atomic E-state index is 13.7. The smallest absolute Gasteiger partial charge is 0.434 e. The Balaban J connectivity index is 2.00. The average molecular weight is 381 g/mol. The predicted molar refractivity (Wildman–Crippen MR) is 89.5 cm³/mol. The van der Waals surface area contributed by atoms with Gasteiger partial charge in [-0.05, 0) is 25.0 Å². The van der Waals surface area contributed by atoms with Gasteiger partial charge in [-0.1, -0.05) is 24.6 Å². The Labute approximate surface area is 153 Å². The summed E-state index contributed by atoms with van der Waals surface area (Å²) in [6.45, 7) is 3.43. The van der Waals surface area contributed by atoms with Crippen molar-refractivity contribution in [1.82, 2.24) is 14.7 Å². The first-order valence-corrected chi connectivity index (χ1v) is 8.34. The van der Waals surface area contributed by atoms with Gasteiger partial charge >= 0.3 is 12.1 Å². The molecule has 2 atom stereocenters. The van der Waals surface area contributed by atoms with Crippen LogP contribution in [0.15, 0.2) is 30.5 Å². The van der Waals surface area contributed by atoms with E-state index in [0.29, 0.717) is 4.68 Å². The number of carbonyl (C=O) groups excluding carboxylic acids is 1. The number of aryl methyl sites for hydroxylation is 1. The zero-order chi connectivity index (χ0) is 19.9. The number of hydrogen-bond acceptors (Lipinski definition) is 3. The van der Waals surface area contributed by atoms with E-state index in [4.69, 9.17) is 0 Å². The molecule has 27 heavy (non-hydrogen) atoms. The molecule has 1 aliphatic heterocycles. The molecule has 0 aliphatic carbocycles. The summed E-state index contributed by atoms with van der Waals surface area (Å²) in [5, 5.41) is 13.0. The number of likely N-dealkylation sites (tertiary alicyclic amines) is 1. The summed E-state index contributed by atoms with van der Waals surface area (Å²) in [6, 6.07) is 6.28. The van der Waals surface area contributed by atoms with Gasteiger partial charge in [0.05, 0.1) is 23.4 Å². The third-order valence-electron chi connectivity index (χ3n) is 4.76. The maximum absolute atomic E-state index is 13.7. The quantitative estimate of drug-likeness (QED) is 0.887. The first-order chi connectivity index (χ1) is 12.6. The maximum Gasteiger partial charge on any atom is 0.434 e. The zero-order valence-corrected chi connectivity index (χ0v) is 14.7. The van der Waals surface area contributed by atoms with E-state index in [9.17, 15) is 27.9 Å². The van der Waals surface area contributed by atoms with Gasteiger partial charge in [-0.15, -0.1) is 0 Å². The molecule has 1 N–H and O–H groups in total. The van der Waals surface area contributed by atoms with Crippen LogP contribution < -0.4 is 0 Å². The second kappa shape index (κ2) is 6.71. The van der Waals surface area contributed by atoms with Gasteiger partial charge in [0.1, 0.15) is 0 Å². The van der Waals surface area contributed by atoms with Crippen LogP contribution in [0.1, 0.15) is 28.5 Å². The molecule has 1 aromatic heterocycles. The number of hydrogen-bond donors (Lipinski definition) is 1. The van der Waals surface area contributed by atoms with E-state index in [1.165, 1.54) is 12.1 Å². The molecule has 2 heterocycles. The highest BCUT2D eigenvalue weighted by atomic mass is 19.4. The Morgan fingerprint density at radius 1 is 1.19 bits per heavy atom. The van der Waals surface area contributed by atoms with Gasteiger partial charge < -0.3 is 10.0 Å². The highest BCUT2D eigenvalue weighted by molar-refractivity contribution is 5.96. The number of amides is 1. The van der Waals surface area contributed by atoms with E-state index < -0.39 is 35.2 Å². The topological polar surface area (TPSA) is 75.4 Å². The number of carboxylic acids is 1. The zero-order valence-electron chi connectivity index (χ0n) is 14.7. The van der Waals surface area contributed by atoms with Crippen LogP contribution in [0.4, 0.5) is 13.2 Å². The van der Waals surface area contributed by atoms with E-state index in [2.05, 4.69) is 5.10 Å². The van der Waals surface area contributed by atoms with E-state index in [0.717, 1.165) is 16.7 Å². The van der Waals surface area contributed by atoms with Crippen molar-refractivity contribution in [2.24, 2.45) is 11.8 Å². The molecule has 1 fully saturated rings. The van der Waals surface area contributed by atoms with E-state index >= 15 is 0 Å². The molecule has 6 nitrogen and oxygen atoms in total. The van der Waals surface area contributed by atoms with Crippen LogP contribution in [0.5, 0.6) is 0 Å². The minimum Gasteiger partial charge on any atom is -0.481 e. The lowest BCUT2D eigenvalue weighted by molar-refractivity contribution is -0.144. The molecule has 144 valence electrons. The van der Waals surface area contributed by atoms with Crippen LogP contribution in [-0.4, -0.2) is 44.8 Å². The minimum absolute atomic E-state index is 0.0861. The van der Waals surface area contributed by atoms with Crippen molar-refractivity contribution in [2.45, 2.75) is 20.0 Å². The third-order valence-corrected chi connectivity index (χ3v) is 4.76. The van der Waals surface area contributed by atoms with Crippen molar-refractivity contribution in [2.75, 3.05) is 13.1 Å². The fraction of sp³-hybridized carbons (Fsp3) is 0.389. The Kier molecular flexibility index (Phi) is 4.71. The molecule has 0 bridgehead atoms. The van der Waals surface area contributed by atoms with Gasteiger partial charge in [0, 0.05) is 13.1 Å². The Bertz CT molecular complexity index is 874. The molecule has 0 unspecified atom stereocenters. The standard InChI is InChI=1S/C18H18F3N3O3/c1-10-3-5-12(6-4-10)24-15(18(19,20)21)13(7-22-24)16(25)23-8-11(2)14(9-23)17(26)27/h3-7,11,14H,8-9H2,1-2H3,(H,26,27)/t11-,14-/m1/s1. The first-order valence-electron chi connectivity index (χ1n) is 8.34. The first kappa shape index (κ1) is 18.9. The number of halogens is 3. The van der Waals surface area contributed by atoms with Crippen molar-refractivity contribution in [3.05, 3.63) is 47.3 Å².